The van der Waals surface area contributed by atoms with Crippen LogP contribution >= 0.6 is 0 Å². The number of carbonyl (C=O) groups is 2. The van der Waals surface area contributed by atoms with Crippen LogP contribution in [0, 0.1) is 43.4 Å². The van der Waals surface area contributed by atoms with Crippen molar-refractivity contribution in [3.8, 4) is 0 Å². The third-order valence-corrected chi connectivity index (χ3v) is 14.3. The number of allylic oxidation sites excluding steroid dienone is 3. The van der Waals surface area contributed by atoms with Crippen LogP contribution in [-0.2, 0) is 25.5 Å². The first-order chi connectivity index (χ1) is 28.7. The molecule has 2 aromatic rings. The van der Waals surface area contributed by atoms with Crippen molar-refractivity contribution in [2.75, 3.05) is 13.7 Å². The van der Waals surface area contributed by atoms with Crippen LogP contribution in [0.15, 0.2) is 40.3 Å². The minimum Gasteiger partial charge on any atom is -0.681 e. The van der Waals surface area contributed by atoms with Gasteiger partial charge in [0.2, 0.25) is 0 Å². The average molecular weight is 843 g/mol. The van der Waals surface area contributed by atoms with Gasteiger partial charge in [0.1, 0.15) is 12.7 Å². The molecule has 1 aliphatic carbocycles. The molecule has 0 spiro atoms. The number of ether oxygens (including phenoxy) is 2. The van der Waals surface area contributed by atoms with Gasteiger partial charge in [-0.1, -0.05) is 138 Å². The van der Waals surface area contributed by atoms with Crippen LogP contribution in [-0.4, -0.2) is 65.9 Å². The van der Waals surface area contributed by atoms with Gasteiger partial charge in [0, 0.05) is 6.42 Å². The second-order valence-corrected chi connectivity index (χ2v) is 18.3. The molecule has 328 valence electrons. The summed E-state index contributed by atoms with van der Waals surface area (Å²) < 4.78 is 11.1. The van der Waals surface area contributed by atoms with Crippen molar-refractivity contribution < 1.29 is 24.2 Å². The Bertz CT molecular complexity index is 2170. The fraction of sp³-hybridized carbons (Fsp3) is 0.608. The Balaban J connectivity index is 0.00000704. The topological polar surface area (TPSA) is 129 Å². The predicted octanol–water partition coefficient (Wildman–Crippen LogP) is 9.24. The van der Waals surface area contributed by atoms with Gasteiger partial charge in [-0.15, -0.1) is 33.9 Å². The first-order valence-electron chi connectivity index (χ1n) is 22.9. The molecule has 9 nitrogen and oxygen atoms in total. The van der Waals surface area contributed by atoms with Gasteiger partial charge in [-0.2, -0.15) is 5.70 Å². The Kier molecular flexibility index (Phi) is 16.9. The van der Waals surface area contributed by atoms with E-state index in [1.807, 2.05) is 19.1 Å². The van der Waals surface area contributed by atoms with E-state index in [1.54, 1.807) is 0 Å². The summed E-state index contributed by atoms with van der Waals surface area (Å²) >= 11 is 0. The van der Waals surface area contributed by atoms with Gasteiger partial charge < -0.3 is 35.2 Å². The molecular formula is C51H70MgN4O5-2. The summed E-state index contributed by atoms with van der Waals surface area (Å²) in [6.07, 6.45) is 18.1. The van der Waals surface area contributed by atoms with E-state index in [0.29, 0.717) is 28.9 Å². The van der Waals surface area contributed by atoms with E-state index in [-0.39, 0.29) is 71.4 Å². The first-order valence-corrected chi connectivity index (χ1v) is 22.9. The van der Waals surface area contributed by atoms with E-state index in [1.165, 1.54) is 50.4 Å². The number of aromatic nitrogens is 2. The second-order valence-electron chi connectivity index (χ2n) is 18.3. The van der Waals surface area contributed by atoms with E-state index >= 15 is 0 Å². The predicted molar refractivity (Wildman–Crippen MR) is 247 cm³/mol. The van der Waals surface area contributed by atoms with Crippen LogP contribution in [0.1, 0.15) is 159 Å². The van der Waals surface area contributed by atoms with Gasteiger partial charge >= 0.3 is 35.0 Å². The Morgan fingerprint density at radius 1 is 0.934 bits per heavy atom. The number of fused-ring (bicyclic) bond motifs is 8. The molecule has 2 aromatic heterocycles. The number of carbonyl (C=O) groups excluding carboxylic acids is 2. The van der Waals surface area contributed by atoms with Gasteiger partial charge in [-0.05, 0) is 94.6 Å². The summed E-state index contributed by atoms with van der Waals surface area (Å²) in [6, 6.07) is -0.612. The van der Waals surface area contributed by atoms with Gasteiger partial charge in [-0.3, -0.25) is 4.79 Å². The quantitative estimate of drug-likeness (QED) is 0.0956. The van der Waals surface area contributed by atoms with E-state index in [0.717, 1.165) is 76.3 Å². The molecule has 4 aliphatic rings. The minimum atomic E-state index is -1.22. The van der Waals surface area contributed by atoms with Crippen molar-refractivity contribution in [3.05, 3.63) is 95.2 Å². The molecule has 1 saturated heterocycles. The molecule has 8 atom stereocenters. The summed E-state index contributed by atoms with van der Waals surface area (Å²) in [5.41, 5.74) is 9.96. The summed E-state index contributed by atoms with van der Waals surface area (Å²) in [5, 5.41) is 24.4. The van der Waals surface area contributed by atoms with E-state index < -0.39 is 18.1 Å². The Labute approximate surface area is 381 Å². The number of hydrogen-bond acceptors (Lipinski definition) is 5. The van der Waals surface area contributed by atoms with Crippen molar-refractivity contribution in [2.45, 2.75) is 158 Å². The zero-order valence-electron chi connectivity index (χ0n) is 39.0. The van der Waals surface area contributed by atoms with E-state index in [2.05, 4.69) is 74.5 Å². The summed E-state index contributed by atoms with van der Waals surface area (Å²) in [7, 11) is 1.34. The van der Waals surface area contributed by atoms with Crippen molar-refractivity contribution in [1.82, 2.24) is 9.97 Å². The maximum Gasteiger partial charge on any atom is 2.00 e. The Morgan fingerprint density at radius 3 is 2.34 bits per heavy atom. The molecule has 0 radical (unpaired) electrons. The zero-order valence-corrected chi connectivity index (χ0v) is 40.4. The summed E-state index contributed by atoms with van der Waals surface area (Å²) in [5.74, 6) is 0.643. The van der Waals surface area contributed by atoms with Crippen LogP contribution < -0.4 is 20.7 Å². The normalized spacial score (nSPS) is 26.0. The molecule has 10 heteroatoms. The van der Waals surface area contributed by atoms with E-state index in [4.69, 9.17) is 30.1 Å². The molecule has 0 aromatic carbocycles. The molecule has 61 heavy (non-hydrogen) atoms. The molecule has 6 rings (SSSR count). The Morgan fingerprint density at radius 2 is 1.66 bits per heavy atom. The molecule has 0 saturated carbocycles. The largest absolute Gasteiger partial charge is 2.00 e. The SMILES string of the molecule is CCc1c(C)/c2[n-]/c1=C\c1[n-]c3c(c1C)[C@H](O)C(C(=O)OC)=C3C1[N-]/C(=C\C3=C(C)[C@@H](CC)C(\C=2)[N-]3)[C@@H](C)[C@@H]1CCC(=O)OC/C=C(/C)CCC[C@@H](C)CCC[C@H](C)CC.[Mg+2]. The van der Waals surface area contributed by atoms with Crippen LogP contribution in [0.3, 0.4) is 0 Å². The number of methoxy groups -OCH3 is 1. The minimum absolute atomic E-state index is 0. The molecule has 3 aliphatic heterocycles. The van der Waals surface area contributed by atoms with Gasteiger partial charge in [0.05, 0.1) is 12.7 Å². The van der Waals surface area contributed by atoms with E-state index in [9.17, 15) is 14.7 Å². The average Bonchev–Trinajstić information content (AvgIpc) is 3.97. The van der Waals surface area contributed by atoms with Gasteiger partial charge in [0.15, 0.2) is 0 Å². The summed E-state index contributed by atoms with van der Waals surface area (Å²) in [4.78, 5) is 37.3. The van der Waals surface area contributed by atoms with Crippen molar-refractivity contribution >= 4 is 52.7 Å². The maximum atomic E-state index is 13.6. The maximum absolute atomic E-state index is 13.6. The smallest absolute Gasteiger partial charge is 0.681 e. The van der Waals surface area contributed by atoms with Crippen LogP contribution in [0.4, 0.5) is 0 Å². The number of aliphatic hydroxyl groups is 1. The number of nitrogens with zero attached hydrogens (tertiary/aromatic N) is 4. The van der Waals surface area contributed by atoms with Gasteiger partial charge in [-0.25, -0.2) is 4.79 Å². The van der Waals surface area contributed by atoms with Gasteiger partial charge in [0.25, 0.3) is 0 Å². The molecule has 1 fully saturated rings. The molecule has 2 unspecified atom stereocenters. The second kappa shape index (κ2) is 21.3. The zero-order chi connectivity index (χ0) is 43.4. The molecule has 8 bridgehead atoms. The molecule has 0 amide bonds. The van der Waals surface area contributed by atoms with Crippen LogP contribution in [0.2, 0.25) is 0 Å². The molecule has 1 N–H and O–H groups in total. The van der Waals surface area contributed by atoms with Crippen LogP contribution in [0.5, 0.6) is 0 Å². The van der Waals surface area contributed by atoms with Crippen molar-refractivity contribution in [1.29, 1.82) is 0 Å². The molecular weight excluding hydrogens is 773 g/mol. The van der Waals surface area contributed by atoms with Crippen LogP contribution in [0.25, 0.3) is 28.4 Å². The molecule has 5 heterocycles. The number of esters is 2. The van der Waals surface area contributed by atoms with Crippen molar-refractivity contribution in [3.63, 3.8) is 0 Å². The van der Waals surface area contributed by atoms with Crippen molar-refractivity contribution in [2.24, 2.45) is 29.6 Å². The Hall–Kier alpha value is -3.47. The number of aliphatic hydroxyl groups excluding tert-OH is 1. The monoisotopic (exact) mass is 843 g/mol. The fourth-order valence-electron chi connectivity index (χ4n) is 10.1. The summed E-state index contributed by atoms with van der Waals surface area (Å²) in [6.45, 7) is 22.1. The first kappa shape index (κ1) is 48.6. The number of hydrogen-bond donors (Lipinski definition) is 1. The standard InChI is InChI=1S/C51H71N4O5.Mg/c1-12-28(4)17-15-18-29(5)19-16-20-30(6)23-24-60-44(56)22-21-37-33(9)40-25-38-31(7)35(13-2)42(52-38)26-39-32(8)36(14-3)43(53-39)27-41-34(10)45-49(55-41)46(48(37)54-40)47(50(45)57)51(58)59-11;/h23,25-29,33,35,37,42,48,50,57H,12-22,24H2,1-11H3,(H-,53,55,58);/q-3;+2/p-1/b30-23-,39-26-,40-25-;/t28-,29+,33+,35-,37+,42?,48?,50+;/m1./s1. The number of rotatable bonds is 17. The fourth-order valence-corrected chi connectivity index (χ4v) is 10.1. The third-order valence-electron chi connectivity index (χ3n) is 14.3. The third kappa shape index (κ3) is 10.3.